The molecule has 0 fully saturated rings. The first kappa shape index (κ1) is 19.7. The van der Waals surface area contributed by atoms with Crippen molar-refractivity contribution in [3.63, 3.8) is 0 Å². The summed E-state index contributed by atoms with van der Waals surface area (Å²) >= 11 is 1.31. The van der Waals surface area contributed by atoms with Crippen LogP contribution in [0.15, 0.2) is 61.3 Å². The SMILES string of the molecule is O=c1cc(CSc2nnc(-c3ccc(OC(F)F)cc3)o2)c2cc3c(cc2o1)CCC3. The van der Waals surface area contributed by atoms with E-state index in [2.05, 4.69) is 21.0 Å². The van der Waals surface area contributed by atoms with Gasteiger partial charge in [-0.3, -0.25) is 0 Å². The zero-order valence-corrected chi connectivity index (χ0v) is 17.0. The van der Waals surface area contributed by atoms with Crippen LogP contribution in [0.3, 0.4) is 0 Å². The van der Waals surface area contributed by atoms with E-state index in [1.54, 1.807) is 12.1 Å². The molecule has 2 heterocycles. The molecule has 1 aliphatic carbocycles. The predicted molar refractivity (Wildman–Crippen MR) is 110 cm³/mol. The normalized spacial score (nSPS) is 13.1. The average Bonchev–Trinajstić information content (AvgIpc) is 3.40. The van der Waals surface area contributed by atoms with Gasteiger partial charge < -0.3 is 13.6 Å². The summed E-state index contributed by atoms with van der Waals surface area (Å²) in [7, 11) is 0. The van der Waals surface area contributed by atoms with Crippen LogP contribution in [0.25, 0.3) is 22.4 Å². The summed E-state index contributed by atoms with van der Waals surface area (Å²) in [5, 5.41) is 9.30. The van der Waals surface area contributed by atoms with Crippen LogP contribution in [0.1, 0.15) is 23.1 Å². The van der Waals surface area contributed by atoms with E-state index in [0.717, 1.165) is 30.2 Å². The number of aromatic nitrogens is 2. The first-order valence-electron chi connectivity index (χ1n) is 9.65. The zero-order valence-electron chi connectivity index (χ0n) is 16.1. The number of benzene rings is 2. The molecule has 5 rings (SSSR count). The van der Waals surface area contributed by atoms with Gasteiger partial charge in [-0.25, -0.2) is 4.79 Å². The van der Waals surface area contributed by atoms with Crippen LogP contribution < -0.4 is 10.4 Å². The highest BCUT2D eigenvalue weighted by molar-refractivity contribution is 7.98. The van der Waals surface area contributed by atoms with Gasteiger partial charge >= 0.3 is 12.2 Å². The molecular weight excluding hydrogens is 426 g/mol. The van der Waals surface area contributed by atoms with Crippen LogP contribution in [-0.4, -0.2) is 16.8 Å². The Morgan fingerprint density at radius 3 is 2.58 bits per heavy atom. The quantitative estimate of drug-likeness (QED) is 0.299. The number of hydrogen-bond acceptors (Lipinski definition) is 7. The van der Waals surface area contributed by atoms with Crippen LogP contribution in [0, 0.1) is 0 Å². The smallest absolute Gasteiger partial charge is 0.387 e. The van der Waals surface area contributed by atoms with E-state index in [1.165, 1.54) is 41.1 Å². The molecule has 9 heteroatoms. The average molecular weight is 442 g/mol. The van der Waals surface area contributed by atoms with E-state index in [4.69, 9.17) is 8.83 Å². The van der Waals surface area contributed by atoms with Gasteiger partial charge in [-0.1, -0.05) is 11.8 Å². The number of aryl methyl sites for hydroxylation is 2. The fraction of sp³-hybridized carbons (Fsp3) is 0.227. The van der Waals surface area contributed by atoms with Gasteiger partial charge in [-0.2, -0.15) is 8.78 Å². The van der Waals surface area contributed by atoms with Crippen molar-refractivity contribution in [3.8, 4) is 17.2 Å². The largest absolute Gasteiger partial charge is 0.435 e. The highest BCUT2D eigenvalue weighted by Gasteiger charge is 2.16. The van der Waals surface area contributed by atoms with E-state index < -0.39 is 12.2 Å². The summed E-state index contributed by atoms with van der Waals surface area (Å²) in [4.78, 5) is 12.0. The third-order valence-corrected chi connectivity index (χ3v) is 5.99. The number of nitrogens with zero attached hydrogens (tertiary/aromatic N) is 2. The fourth-order valence-electron chi connectivity index (χ4n) is 3.72. The highest BCUT2D eigenvalue weighted by atomic mass is 32.2. The van der Waals surface area contributed by atoms with Crippen LogP contribution >= 0.6 is 11.8 Å². The number of thioether (sulfide) groups is 1. The Morgan fingerprint density at radius 1 is 1.03 bits per heavy atom. The lowest BCUT2D eigenvalue weighted by Crippen LogP contribution is -2.01. The lowest BCUT2D eigenvalue weighted by atomic mass is 10.0. The second-order valence-corrected chi connectivity index (χ2v) is 8.05. The summed E-state index contributed by atoms with van der Waals surface area (Å²) in [6, 6.07) is 11.5. The molecule has 0 aliphatic heterocycles. The number of alkyl halides is 2. The maximum atomic E-state index is 12.3. The first-order valence-corrected chi connectivity index (χ1v) is 10.6. The van der Waals surface area contributed by atoms with Crippen molar-refractivity contribution in [2.45, 2.75) is 36.8 Å². The molecule has 0 N–H and O–H groups in total. The molecule has 0 bridgehead atoms. The topological polar surface area (TPSA) is 78.4 Å². The number of fused-ring (bicyclic) bond motifs is 2. The van der Waals surface area contributed by atoms with Crippen LogP contribution in [0.5, 0.6) is 5.75 Å². The van der Waals surface area contributed by atoms with Gasteiger partial charge in [0.25, 0.3) is 5.22 Å². The molecule has 4 aromatic rings. The van der Waals surface area contributed by atoms with E-state index in [0.29, 0.717) is 22.1 Å². The van der Waals surface area contributed by atoms with Crippen molar-refractivity contribution in [2.24, 2.45) is 0 Å². The maximum Gasteiger partial charge on any atom is 0.387 e. The molecule has 2 aromatic heterocycles. The van der Waals surface area contributed by atoms with Crippen LogP contribution in [-0.2, 0) is 18.6 Å². The van der Waals surface area contributed by atoms with Crippen molar-refractivity contribution in [1.82, 2.24) is 10.2 Å². The Morgan fingerprint density at radius 2 is 1.81 bits per heavy atom. The second-order valence-electron chi connectivity index (χ2n) is 7.13. The third-order valence-electron chi connectivity index (χ3n) is 5.13. The van der Waals surface area contributed by atoms with E-state index >= 15 is 0 Å². The zero-order chi connectivity index (χ0) is 21.4. The Kier molecular flexibility index (Phi) is 5.19. The van der Waals surface area contributed by atoms with Gasteiger partial charge in [0.1, 0.15) is 11.3 Å². The molecular formula is C22H16F2N2O4S. The Balaban J connectivity index is 1.35. The standard InChI is InChI=1S/C22H16F2N2O4S/c23-21(24)28-16-6-4-12(5-7-16)20-25-26-22(30-20)31-11-15-10-19(27)29-18-9-14-3-1-2-13(14)8-17(15)18/h4-10,21H,1-3,11H2. The van der Waals surface area contributed by atoms with Crippen molar-refractivity contribution in [3.05, 3.63) is 69.6 Å². The van der Waals surface area contributed by atoms with Crippen molar-refractivity contribution in [2.75, 3.05) is 0 Å². The lowest BCUT2D eigenvalue weighted by molar-refractivity contribution is -0.0498. The van der Waals surface area contributed by atoms with Crippen LogP contribution in [0.2, 0.25) is 0 Å². The molecule has 6 nitrogen and oxygen atoms in total. The summed E-state index contributed by atoms with van der Waals surface area (Å²) in [5.41, 5.74) is 4.18. The van der Waals surface area contributed by atoms with E-state index in [1.807, 2.05) is 6.07 Å². The van der Waals surface area contributed by atoms with Gasteiger partial charge in [-0.05, 0) is 72.4 Å². The fourth-order valence-corrected chi connectivity index (χ4v) is 4.47. The minimum absolute atomic E-state index is 0.0501. The number of halogens is 2. The predicted octanol–water partition coefficient (Wildman–Crippen LogP) is 5.23. The summed E-state index contributed by atoms with van der Waals surface area (Å²) < 4.78 is 40.0. The summed E-state index contributed by atoms with van der Waals surface area (Å²) in [6.07, 6.45) is 3.15. The van der Waals surface area contributed by atoms with Gasteiger partial charge in [0.05, 0.1) is 0 Å². The monoisotopic (exact) mass is 442 g/mol. The Labute approximate surface area is 179 Å². The van der Waals surface area contributed by atoms with Crippen LogP contribution in [0.4, 0.5) is 8.78 Å². The van der Waals surface area contributed by atoms with Gasteiger partial charge in [0.2, 0.25) is 5.89 Å². The third kappa shape index (κ3) is 4.18. The van der Waals surface area contributed by atoms with Gasteiger partial charge in [0.15, 0.2) is 0 Å². The van der Waals surface area contributed by atoms with Crippen molar-refractivity contribution in [1.29, 1.82) is 0 Å². The Bertz CT molecular complexity index is 1300. The minimum Gasteiger partial charge on any atom is -0.435 e. The molecule has 31 heavy (non-hydrogen) atoms. The van der Waals surface area contributed by atoms with Crippen molar-refractivity contribution >= 4 is 22.7 Å². The molecule has 1 aliphatic rings. The molecule has 2 aromatic carbocycles. The lowest BCUT2D eigenvalue weighted by Gasteiger charge is -2.07. The summed E-state index contributed by atoms with van der Waals surface area (Å²) in [6.45, 7) is -2.88. The molecule has 0 atom stereocenters. The van der Waals surface area contributed by atoms with Gasteiger partial charge in [-0.15, -0.1) is 10.2 Å². The molecule has 0 amide bonds. The number of ether oxygens (including phenoxy) is 1. The molecule has 0 radical (unpaired) electrons. The number of rotatable bonds is 6. The molecule has 0 spiro atoms. The van der Waals surface area contributed by atoms with E-state index in [9.17, 15) is 13.6 Å². The minimum atomic E-state index is -2.88. The first-order chi connectivity index (χ1) is 15.0. The molecule has 0 saturated carbocycles. The van der Waals surface area contributed by atoms with E-state index in [-0.39, 0.29) is 11.6 Å². The molecule has 158 valence electrons. The second kappa shape index (κ2) is 8.14. The van der Waals surface area contributed by atoms with Gasteiger partial charge in [0, 0.05) is 22.8 Å². The van der Waals surface area contributed by atoms with Crippen molar-refractivity contribution < 1.29 is 22.4 Å². The maximum absolute atomic E-state index is 12.3. The number of hydrogen-bond donors (Lipinski definition) is 0. The molecule has 0 saturated heterocycles. The molecule has 0 unspecified atom stereocenters. The Hall–Kier alpha value is -3.20. The summed E-state index contributed by atoms with van der Waals surface area (Å²) in [5.74, 6) is 0.777. The highest BCUT2D eigenvalue weighted by Crippen LogP contribution is 2.32.